The summed E-state index contributed by atoms with van der Waals surface area (Å²) in [7, 11) is 0. The standard InChI is InChI=1S/C14H9F3N2O.C14H10F3NO3.C2H6O.Na.H2O/c15-14(16,17)12-3-1-2-10(6-12)9-20-13-5-4-11(7-18)8-19-13;15-14(16,17)11-3-1-2-9(6-11)8-21-12-5-4-10(7-18-12)13(19)20;1-2-3;;/h1-6,8H,9H2;1-7H,8H2,(H,19,20);3H,2H2,1H3;;1H2/q;;;+1;/p-1. The largest absolute Gasteiger partial charge is 1.00 e. The topological polar surface area (TPSA) is 156 Å². The fraction of sp³-hybridized carbons (Fsp3) is 0.200. The van der Waals surface area contributed by atoms with E-state index >= 15 is 0 Å². The average molecular weight is 662 g/mol. The van der Waals surface area contributed by atoms with E-state index < -0.39 is 29.4 Å². The molecule has 0 radical (unpaired) electrons. The second-order valence-corrected chi connectivity index (χ2v) is 8.48. The number of nitriles is 1. The number of carboxylic acid groups (broad SMARTS) is 1. The van der Waals surface area contributed by atoms with Crippen molar-refractivity contribution in [3.63, 3.8) is 0 Å². The molecule has 0 fully saturated rings. The number of pyridine rings is 2. The fourth-order valence-corrected chi connectivity index (χ4v) is 3.11. The van der Waals surface area contributed by atoms with Gasteiger partial charge in [0.15, 0.2) is 0 Å². The number of aliphatic hydroxyl groups excluding tert-OH is 1. The number of hydrogen-bond donors (Lipinski definition) is 2. The van der Waals surface area contributed by atoms with E-state index in [-0.39, 0.29) is 72.2 Å². The van der Waals surface area contributed by atoms with E-state index in [1.165, 1.54) is 48.7 Å². The van der Waals surface area contributed by atoms with E-state index in [0.29, 0.717) is 16.7 Å². The van der Waals surface area contributed by atoms with Crippen LogP contribution < -0.4 is 39.0 Å². The van der Waals surface area contributed by atoms with Crippen molar-refractivity contribution in [2.75, 3.05) is 6.61 Å². The third-order valence-corrected chi connectivity index (χ3v) is 5.13. The molecule has 0 aliphatic rings. The molecule has 2 aromatic carbocycles. The molecule has 0 saturated heterocycles. The molecule has 4 rings (SSSR count). The number of nitrogens with zero attached hydrogens (tertiary/aromatic N) is 3. The van der Waals surface area contributed by atoms with Crippen LogP contribution in [0.5, 0.6) is 11.8 Å². The first-order valence-corrected chi connectivity index (χ1v) is 12.5. The molecule has 0 unspecified atom stereocenters. The molecule has 0 bridgehead atoms. The Hall–Kier alpha value is -4.20. The van der Waals surface area contributed by atoms with Gasteiger partial charge >= 0.3 is 47.9 Å². The van der Waals surface area contributed by atoms with Crippen molar-refractivity contribution in [3.8, 4) is 17.8 Å². The molecule has 3 N–H and O–H groups in total. The minimum absolute atomic E-state index is 0. The van der Waals surface area contributed by atoms with Crippen molar-refractivity contribution in [3.05, 3.63) is 119 Å². The summed E-state index contributed by atoms with van der Waals surface area (Å²) in [5.41, 5.74) is -0.345. The van der Waals surface area contributed by atoms with Gasteiger partial charge in [-0.05, 0) is 54.4 Å². The van der Waals surface area contributed by atoms with Crippen LogP contribution in [-0.4, -0.2) is 38.2 Å². The second-order valence-electron chi connectivity index (χ2n) is 8.48. The van der Waals surface area contributed by atoms with Gasteiger partial charge in [-0.25, -0.2) is 14.8 Å². The fourth-order valence-electron chi connectivity index (χ4n) is 3.11. The molecule has 46 heavy (non-hydrogen) atoms. The van der Waals surface area contributed by atoms with Gasteiger partial charge in [-0.2, -0.15) is 31.6 Å². The Balaban J connectivity index is 0.000000780. The van der Waals surface area contributed by atoms with E-state index in [9.17, 15) is 31.1 Å². The van der Waals surface area contributed by atoms with Crippen molar-refractivity contribution in [2.45, 2.75) is 32.5 Å². The zero-order valence-electron chi connectivity index (χ0n) is 24.4. The minimum Gasteiger partial charge on any atom is -0.870 e. The molecule has 9 nitrogen and oxygen atoms in total. The molecule has 2 heterocycles. The first-order valence-electron chi connectivity index (χ1n) is 12.5. The molecular formula is C30H26F6N3NaO6. The van der Waals surface area contributed by atoms with Crippen LogP contribution in [0.2, 0.25) is 0 Å². The van der Waals surface area contributed by atoms with Crippen LogP contribution in [0, 0.1) is 11.3 Å². The molecule has 0 amide bonds. The first kappa shape index (κ1) is 41.8. The van der Waals surface area contributed by atoms with Crippen molar-refractivity contribution >= 4 is 5.97 Å². The monoisotopic (exact) mass is 661 g/mol. The van der Waals surface area contributed by atoms with Gasteiger partial charge in [-0.15, -0.1) is 0 Å². The van der Waals surface area contributed by atoms with E-state index in [1.54, 1.807) is 13.0 Å². The molecule has 0 saturated carbocycles. The molecule has 16 heteroatoms. The van der Waals surface area contributed by atoms with Crippen LogP contribution in [0.15, 0.2) is 85.2 Å². The summed E-state index contributed by atoms with van der Waals surface area (Å²) in [6.45, 7) is 1.81. The second kappa shape index (κ2) is 20.0. The van der Waals surface area contributed by atoms with Crippen molar-refractivity contribution < 1.29 is 85.9 Å². The smallest absolute Gasteiger partial charge is 0.870 e. The molecule has 0 spiro atoms. The van der Waals surface area contributed by atoms with Gasteiger partial charge in [0.05, 0.1) is 22.3 Å². The first-order chi connectivity index (χ1) is 20.8. The van der Waals surface area contributed by atoms with Crippen molar-refractivity contribution in [1.82, 2.24) is 9.97 Å². The van der Waals surface area contributed by atoms with Gasteiger partial charge < -0.3 is 25.2 Å². The number of aromatic carboxylic acids is 1. The van der Waals surface area contributed by atoms with Crippen LogP contribution in [0.25, 0.3) is 0 Å². The molecule has 4 aromatic rings. The van der Waals surface area contributed by atoms with E-state index in [2.05, 4.69) is 9.97 Å². The van der Waals surface area contributed by atoms with Crippen molar-refractivity contribution in [1.29, 1.82) is 5.26 Å². The summed E-state index contributed by atoms with van der Waals surface area (Å²) >= 11 is 0. The third kappa shape index (κ3) is 14.7. The summed E-state index contributed by atoms with van der Waals surface area (Å²) in [4.78, 5) is 18.3. The number of halogens is 6. The Morgan fingerprint density at radius 1 is 0.804 bits per heavy atom. The van der Waals surface area contributed by atoms with Crippen molar-refractivity contribution in [2.24, 2.45) is 0 Å². The van der Waals surface area contributed by atoms with Gasteiger partial charge in [-0.3, -0.25) is 0 Å². The zero-order valence-corrected chi connectivity index (χ0v) is 26.4. The summed E-state index contributed by atoms with van der Waals surface area (Å²) in [5, 5.41) is 24.9. The maximum Gasteiger partial charge on any atom is 1.00 e. The number of carboxylic acids is 1. The number of carbonyl (C=O) groups is 1. The van der Waals surface area contributed by atoms with Crippen LogP contribution in [-0.2, 0) is 25.6 Å². The number of alkyl halides is 6. The Bertz CT molecular complexity index is 1530. The SMILES string of the molecule is CCO.N#Cc1ccc(OCc2cccc(C(F)(F)F)c2)nc1.O=C(O)c1ccc(OCc2cccc(C(F)(F)F)c2)nc1.[Na+].[OH-]. The quantitative estimate of drug-likeness (QED) is 0.223. The van der Waals surface area contributed by atoms with Gasteiger partial charge in [0.25, 0.3) is 0 Å². The zero-order chi connectivity index (χ0) is 32.8. The number of benzene rings is 2. The third-order valence-electron chi connectivity index (χ3n) is 5.13. The van der Waals surface area contributed by atoms with Gasteiger partial charge in [0, 0.05) is 31.1 Å². The summed E-state index contributed by atoms with van der Waals surface area (Å²) in [5.74, 6) is -0.731. The Labute approximate surface area is 281 Å². The minimum atomic E-state index is -4.41. The molecule has 0 atom stereocenters. The molecule has 0 aliphatic heterocycles. The summed E-state index contributed by atoms with van der Waals surface area (Å²) < 4.78 is 85.7. The Morgan fingerprint density at radius 3 is 1.57 bits per heavy atom. The van der Waals surface area contributed by atoms with Crippen LogP contribution in [0.1, 0.15) is 45.1 Å². The number of aromatic nitrogens is 2. The van der Waals surface area contributed by atoms with Crippen LogP contribution >= 0.6 is 0 Å². The van der Waals surface area contributed by atoms with Crippen LogP contribution in [0.3, 0.4) is 0 Å². The van der Waals surface area contributed by atoms with Gasteiger partial charge in [-0.1, -0.05) is 24.3 Å². The number of rotatable bonds is 7. The van der Waals surface area contributed by atoms with Crippen LogP contribution in [0.4, 0.5) is 26.3 Å². The summed E-state index contributed by atoms with van der Waals surface area (Å²) in [6, 6.07) is 17.2. The Kier molecular flexibility index (Phi) is 18.2. The predicted molar refractivity (Wildman–Crippen MR) is 146 cm³/mol. The molecular weight excluding hydrogens is 635 g/mol. The summed E-state index contributed by atoms with van der Waals surface area (Å²) in [6.07, 6.45) is -6.33. The van der Waals surface area contributed by atoms with E-state index in [4.69, 9.17) is 24.9 Å². The number of aliphatic hydroxyl groups is 1. The van der Waals surface area contributed by atoms with E-state index in [1.807, 2.05) is 6.07 Å². The maximum atomic E-state index is 12.5. The molecule has 0 aliphatic carbocycles. The maximum absolute atomic E-state index is 12.5. The molecule has 2 aromatic heterocycles. The van der Waals surface area contributed by atoms with Gasteiger partial charge in [0.2, 0.25) is 11.8 Å². The van der Waals surface area contributed by atoms with E-state index in [0.717, 1.165) is 30.5 Å². The average Bonchev–Trinajstić information content (AvgIpc) is 3.00. The normalized spacial score (nSPS) is 10.2. The predicted octanol–water partition coefficient (Wildman–Crippen LogP) is 3.75. The Morgan fingerprint density at radius 2 is 1.24 bits per heavy atom. The molecule has 240 valence electrons. The number of ether oxygens (including phenoxy) is 2. The number of hydrogen-bond acceptors (Lipinski definition) is 8. The van der Waals surface area contributed by atoms with Gasteiger partial charge in [0.1, 0.15) is 19.3 Å².